The number of carbonyl (C=O) groups is 2. The maximum absolute atomic E-state index is 13.7. The molecule has 168 valence electrons. The third-order valence-corrected chi connectivity index (χ3v) is 6.80. The molecule has 1 saturated heterocycles. The number of piperidine rings is 1. The van der Waals surface area contributed by atoms with Crippen molar-refractivity contribution < 1.29 is 24.2 Å². The van der Waals surface area contributed by atoms with Gasteiger partial charge in [-0.3, -0.25) is 14.5 Å². The molecule has 1 atom stereocenters. The number of hydrogen-bond acceptors (Lipinski definition) is 6. The lowest BCUT2D eigenvalue weighted by Gasteiger charge is -2.35. The highest BCUT2D eigenvalue weighted by molar-refractivity contribution is 6.35. The molecular formula is C24H32N2O5. The van der Waals surface area contributed by atoms with Gasteiger partial charge in [0.2, 0.25) is 0 Å². The highest BCUT2D eigenvalue weighted by Crippen LogP contribution is 2.39. The number of carbonyl (C=O) groups excluding carboxylic acids is 2. The smallest absolute Gasteiger partial charge is 0.278 e. The van der Waals surface area contributed by atoms with Gasteiger partial charge in [0, 0.05) is 25.7 Å². The zero-order valence-corrected chi connectivity index (χ0v) is 18.4. The Bertz CT molecular complexity index is 875. The van der Waals surface area contributed by atoms with E-state index in [4.69, 9.17) is 9.47 Å². The molecule has 2 amide bonds. The van der Waals surface area contributed by atoms with Gasteiger partial charge in [0.1, 0.15) is 5.70 Å². The molecule has 1 saturated carbocycles. The highest BCUT2D eigenvalue weighted by atomic mass is 16.5. The Hall–Kier alpha value is -2.54. The van der Waals surface area contributed by atoms with Gasteiger partial charge in [0.05, 0.1) is 19.8 Å². The number of methoxy groups -OCH3 is 2. The fourth-order valence-electron chi connectivity index (χ4n) is 5.17. The summed E-state index contributed by atoms with van der Waals surface area (Å²) in [6.45, 7) is 1.38. The lowest BCUT2D eigenvalue weighted by molar-refractivity contribution is -0.141. The van der Waals surface area contributed by atoms with E-state index in [0.29, 0.717) is 41.4 Å². The minimum atomic E-state index is -0.217. The van der Waals surface area contributed by atoms with Crippen LogP contribution in [0, 0.1) is 5.92 Å². The molecular weight excluding hydrogens is 396 g/mol. The number of benzene rings is 1. The van der Waals surface area contributed by atoms with Crippen molar-refractivity contribution in [2.75, 3.05) is 33.9 Å². The molecule has 1 aromatic rings. The van der Waals surface area contributed by atoms with E-state index in [1.165, 1.54) is 4.90 Å². The molecule has 2 fully saturated rings. The zero-order valence-electron chi connectivity index (χ0n) is 18.4. The molecule has 0 radical (unpaired) electrons. The van der Waals surface area contributed by atoms with Crippen LogP contribution < -0.4 is 9.47 Å². The zero-order chi connectivity index (χ0) is 22.0. The van der Waals surface area contributed by atoms with Crippen molar-refractivity contribution >= 4 is 17.4 Å². The molecule has 7 heteroatoms. The van der Waals surface area contributed by atoms with Gasteiger partial charge in [0.25, 0.3) is 11.8 Å². The van der Waals surface area contributed by atoms with Crippen LogP contribution in [0.15, 0.2) is 23.9 Å². The summed E-state index contributed by atoms with van der Waals surface area (Å²) in [5.74, 6) is 0.799. The molecule has 0 aromatic heterocycles. The SMILES string of the molecule is COc1ccc(C2=C(N3CCCC(CO)C3)C(=O)N(C3CCCCC3)C2=O)cc1OC. The van der Waals surface area contributed by atoms with Crippen molar-refractivity contribution in [1.82, 2.24) is 9.80 Å². The first kappa shape index (κ1) is 21.7. The number of aliphatic hydroxyl groups is 1. The Labute approximate surface area is 183 Å². The second kappa shape index (κ2) is 9.30. The van der Waals surface area contributed by atoms with Gasteiger partial charge in [0.15, 0.2) is 11.5 Å². The molecule has 1 unspecified atom stereocenters. The summed E-state index contributed by atoms with van der Waals surface area (Å²) >= 11 is 0. The molecule has 7 nitrogen and oxygen atoms in total. The molecule has 4 rings (SSSR count). The van der Waals surface area contributed by atoms with Gasteiger partial charge < -0.3 is 19.5 Å². The summed E-state index contributed by atoms with van der Waals surface area (Å²) in [5, 5.41) is 9.70. The van der Waals surface area contributed by atoms with E-state index < -0.39 is 0 Å². The van der Waals surface area contributed by atoms with Crippen LogP contribution in [-0.4, -0.2) is 66.7 Å². The molecule has 1 aromatic carbocycles. The van der Waals surface area contributed by atoms with Crippen LogP contribution in [0.3, 0.4) is 0 Å². The molecule has 2 heterocycles. The van der Waals surface area contributed by atoms with Crippen molar-refractivity contribution in [3.8, 4) is 11.5 Å². The van der Waals surface area contributed by atoms with Gasteiger partial charge in [-0.25, -0.2) is 0 Å². The third kappa shape index (κ3) is 4.03. The number of imide groups is 1. The lowest BCUT2D eigenvalue weighted by atomic mass is 9.94. The Kier molecular flexibility index (Phi) is 6.51. The van der Waals surface area contributed by atoms with Crippen LogP contribution in [-0.2, 0) is 9.59 Å². The van der Waals surface area contributed by atoms with Gasteiger partial charge >= 0.3 is 0 Å². The van der Waals surface area contributed by atoms with Crippen LogP contribution in [0.4, 0.5) is 0 Å². The van der Waals surface area contributed by atoms with Crippen LogP contribution in [0.5, 0.6) is 11.5 Å². The third-order valence-electron chi connectivity index (χ3n) is 6.80. The van der Waals surface area contributed by atoms with E-state index in [9.17, 15) is 14.7 Å². The van der Waals surface area contributed by atoms with Crippen LogP contribution in [0.1, 0.15) is 50.5 Å². The molecule has 2 aliphatic heterocycles. The Balaban J connectivity index is 1.78. The molecule has 1 aliphatic carbocycles. The Morgan fingerprint density at radius 1 is 0.968 bits per heavy atom. The molecule has 0 bridgehead atoms. The van der Waals surface area contributed by atoms with E-state index >= 15 is 0 Å². The van der Waals surface area contributed by atoms with Crippen LogP contribution in [0.2, 0.25) is 0 Å². The fourth-order valence-corrected chi connectivity index (χ4v) is 5.17. The maximum atomic E-state index is 13.7. The number of amides is 2. The summed E-state index contributed by atoms with van der Waals surface area (Å²) in [6, 6.07) is 5.32. The van der Waals surface area contributed by atoms with Crippen molar-refractivity contribution in [3.05, 3.63) is 29.5 Å². The number of hydrogen-bond donors (Lipinski definition) is 1. The summed E-state index contributed by atoms with van der Waals surface area (Å²) in [5.41, 5.74) is 1.58. The number of ether oxygens (including phenoxy) is 2. The summed E-state index contributed by atoms with van der Waals surface area (Å²) in [6.07, 6.45) is 6.78. The average Bonchev–Trinajstić information content (AvgIpc) is 3.08. The van der Waals surface area contributed by atoms with Gasteiger partial charge in [-0.1, -0.05) is 25.3 Å². The Morgan fingerprint density at radius 2 is 1.71 bits per heavy atom. The summed E-state index contributed by atoms with van der Waals surface area (Å²) in [7, 11) is 3.13. The number of likely N-dealkylation sites (tertiary alicyclic amines) is 1. The molecule has 0 spiro atoms. The molecule has 3 aliphatic rings. The van der Waals surface area contributed by atoms with Crippen molar-refractivity contribution in [2.24, 2.45) is 5.92 Å². The van der Waals surface area contributed by atoms with Crippen molar-refractivity contribution in [3.63, 3.8) is 0 Å². The second-order valence-electron chi connectivity index (χ2n) is 8.70. The highest BCUT2D eigenvalue weighted by Gasteiger charge is 2.45. The van der Waals surface area contributed by atoms with Crippen LogP contribution in [0.25, 0.3) is 5.57 Å². The standard InChI is InChI=1S/C24H32N2O5/c1-30-19-11-10-17(13-20(19)31-2)21-22(25-12-6-7-16(14-25)15-27)24(29)26(23(21)28)18-8-4-3-5-9-18/h10-11,13,16,18,27H,3-9,12,14-15H2,1-2H3. The summed E-state index contributed by atoms with van der Waals surface area (Å²) < 4.78 is 10.8. The fraction of sp³-hybridized carbons (Fsp3) is 0.583. The van der Waals surface area contributed by atoms with Crippen LogP contribution >= 0.6 is 0 Å². The van der Waals surface area contributed by atoms with Crippen molar-refractivity contribution in [2.45, 2.75) is 51.0 Å². The first-order chi connectivity index (χ1) is 15.1. The minimum absolute atomic E-state index is 0.0418. The number of rotatable bonds is 6. The average molecular weight is 429 g/mol. The first-order valence-electron chi connectivity index (χ1n) is 11.3. The number of aliphatic hydroxyl groups excluding tert-OH is 1. The number of nitrogens with zero attached hydrogens (tertiary/aromatic N) is 2. The first-order valence-corrected chi connectivity index (χ1v) is 11.3. The van der Waals surface area contributed by atoms with Gasteiger partial charge in [-0.15, -0.1) is 0 Å². The van der Waals surface area contributed by atoms with E-state index in [2.05, 4.69) is 0 Å². The van der Waals surface area contributed by atoms with E-state index in [0.717, 1.165) is 44.9 Å². The topological polar surface area (TPSA) is 79.3 Å². The maximum Gasteiger partial charge on any atom is 0.278 e. The van der Waals surface area contributed by atoms with Crippen molar-refractivity contribution in [1.29, 1.82) is 0 Å². The van der Waals surface area contributed by atoms with E-state index in [1.807, 2.05) is 11.0 Å². The predicted octanol–water partition coefficient (Wildman–Crippen LogP) is 2.82. The summed E-state index contributed by atoms with van der Waals surface area (Å²) in [4.78, 5) is 30.8. The normalized spacial score (nSPS) is 23.0. The largest absolute Gasteiger partial charge is 0.493 e. The van der Waals surface area contributed by atoms with Gasteiger partial charge in [-0.2, -0.15) is 0 Å². The predicted molar refractivity (Wildman–Crippen MR) is 117 cm³/mol. The monoisotopic (exact) mass is 428 g/mol. The van der Waals surface area contributed by atoms with E-state index in [1.54, 1.807) is 26.4 Å². The molecule has 31 heavy (non-hydrogen) atoms. The Morgan fingerprint density at radius 3 is 2.39 bits per heavy atom. The minimum Gasteiger partial charge on any atom is -0.493 e. The quantitative estimate of drug-likeness (QED) is 0.702. The lowest BCUT2D eigenvalue weighted by Crippen LogP contribution is -2.45. The van der Waals surface area contributed by atoms with Gasteiger partial charge in [-0.05, 0) is 49.3 Å². The second-order valence-corrected chi connectivity index (χ2v) is 8.70. The van der Waals surface area contributed by atoms with E-state index in [-0.39, 0.29) is 30.4 Å². The molecule has 1 N–H and O–H groups in total.